The van der Waals surface area contributed by atoms with Gasteiger partial charge in [0.15, 0.2) is 0 Å². The highest BCUT2D eigenvalue weighted by Gasteiger charge is 2.32. The first-order valence-electron chi connectivity index (χ1n) is 10.1. The van der Waals surface area contributed by atoms with E-state index in [1.165, 1.54) is 12.1 Å². The van der Waals surface area contributed by atoms with Crippen molar-refractivity contribution in [3.05, 3.63) is 24.3 Å². The summed E-state index contributed by atoms with van der Waals surface area (Å²) in [5.41, 5.74) is 0.394. The van der Waals surface area contributed by atoms with E-state index in [4.69, 9.17) is 0 Å². The Labute approximate surface area is 173 Å². The number of benzene rings is 1. The van der Waals surface area contributed by atoms with Gasteiger partial charge in [-0.1, -0.05) is 0 Å². The summed E-state index contributed by atoms with van der Waals surface area (Å²) in [5.74, 6) is -0.535. The fourth-order valence-corrected chi connectivity index (χ4v) is 3.38. The Morgan fingerprint density at radius 3 is 1.93 bits per heavy atom. The number of alkyl halides is 3. The van der Waals surface area contributed by atoms with Crippen LogP contribution in [-0.2, 0) is 9.59 Å². The van der Waals surface area contributed by atoms with Gasteiger partial charge in [-0.15, -0.1) is 13.2 Å². The molecule has 1 aliphatic heterocycles. The van der Waals surface area contributed by atoms with E-state index >= 15 is 0 Å². The van der Waals surface area contributed by atoms with Crippen molar-refractivity contribution in [2.45, 2.75) is 51.2 Å². The molecule has 1 heterocycles. The van der Waals surface area contributed by atoms with E-state index in [2.05, 4.69) is 20.3 Å². The normalized spacial score (nSPS) is 20.3. The van der Waals surface area contributed by atoms with Crippen LogP contribution >= 0.6 is 0 Å². The van der Waals surface area contributed by atoms with Crippen LogP contribution in [0.1, 0.15) is 26.7 Å². The number of amides is 2. The van der Waals surface area contributed by atoms with E-state index in [0.29, 0.717) is 37.9 Å². The molecule has 1 aromatic carbocycles. The van der Waals surface area contributed by atoms with Gasteiger partial charge in [-0.05, 0) is 51.0 Å². The third-order valence-corrected chi connectivity index (χ3v) is 5.48. The zero-order chi connectivity index (χ0) is 21.9. The molecule has 1 saturated heterocycles. The number of halogens is 3. The molecule has 10 heteroatoms. The lowest BCUT2D eigenvalue weighted by atomic mass is 10.1. The number of carbonyl (C=O) groups excluding carboxylic acids is 2. The van der Waals surface area contributed by atoms with E-state index in [1.807, 2.05) is 11.8 Å². The number of ether oxygens (including phenoxy) is 1. The quantitative estimate of drug-likeness (QED) is 0.697. The van der Waals surface area contributed by atoms with Gasteiger partial charge in [0.1, 0.15) is 5.75 Å². The Bertz CT molecular complexity index is 745. The molecule has 2 fully saturated rings. The van der Waals surface area contributed by atoms with Gasteiger partial charge < -0.3 is 15.4 Å². The SMILES string of the molecule is CC(C(=O)Nc1ccc(OC(F)(F)F)cc1)N1CCN(C(C)C(=O)NC2CC2)CC1. The van der Waals surface area contributed by atoms with E-state index in [-0.39, 0.29) is 23.6 Å². The zero-order valence-electron chi connectivity index (χ0n) is 17.0. The molecule has 1 aliphatic carbocycles. The third kappa shape index (κ3) is 6.33. The second-order valence-corrected chi connectivity index (χ2v) is 7.77. The van der Waals surface area contributed by atoms with E-state index in [1.54, 1.807) is 6.92 Å². The Kier molecular flexibility index (Phi) is 6.87. The molecule has 1 aromatic rings. The number of nitrogens with zero attached hydrogens (tertiary/aromatic N) is 2. The number of hydrogen-bond acceptors (Lipinski definition) is 5. The monoisotopic (exact) mass is 428 g/mol. The van der Waals surface area contributed by atoms with E-state index < -0.39 is 12.4 Å². The van der Waals surface area contributed by atoms with Gasteiger partial charge >= 0.3 is 6.36 Å². The van der Waals surface area contributed by atoms with Gasteiger partial charge in [0, 0.05) is 37.9 Å². The lowest BCUT2D eigenvalue weighted by Gasteiger charge is -2.39. The molecule has 0 aromatic heterocycles. The zero-order valence-corrected chi connectivity index (χ0v) is 17.0. The molecule has 2 aliphatic rings. The van der Waals surface area contributed by atoms with Crippen LogP contribution in [0.5, 0.6) is 5.75 Å². The van der Waals surface area contributed by atoms with Crippen molar-refractivity contribution in [2.24, 2.45) is 0 Å². The van der Waals surface area contributed by atoms with Crippen LogP contribution in [0.3, 0.4) is 0 Å². The van der Waals surface area contributed by atoms with Crippen LogP contribution in [0.4, 0.5) is 18.9 Å². The van der Waals surface area contributed by atoms with Gasteiger partial charge in [-0.25, -0.2) is 0 Å². The van der Waals surface area contributed by atoms with Crippen LogP contribution in [0, 0.1) is 0 Å². The Morgan fingerprint density at radius 2 is 1.47 bits per heavy atom. The van der Waals surface area contributed by atoms with Crippen molar-refractivity contribution in [3.8, 4) is 5.75 Å². The summed E-state index contributed by atoms with van der Waals surface area (Å²) in [6, 6.07) is 4.76. The number of piperazine rings is 1. The van der Waals surface area contributed by atoms with Gasteiger partial charge in [0.2, 0.25) is 11.8 Å². The summed E-state index contributed by atoms with van der Waals surface area (Å²) in [7, 11) is 0. The largest absolute Gasteiger partial charge is 0.573 e. The molecule has 3 rings (SSSR count). The number of rotatable bonds is 7. The minimum absolute atomic E-state index is 0.0506. The number of anilines is 1. The topological polar surface area (TPSA) is 73.9 Å². The molecule has 166 valence electrons. The third-order valence-electron chi connectivity index (χ3n) is 5.48. The Morgan fingerprint density at radius 1 is 0.967 bits per heavy atom. The lowest BCUT2D eigenvalue weighted by Crippen LogP contribution is -2.57. The maximum atomic E-state index is 12.5. The van der Waals surface area contributed by atoms with Crippen molar-refractivity contribution >= 4 is 17.5 Å². The molecule has 2 amide bonds. The summed E-state index contributed by atoms with van der Waals surface area (Å²) >= 11 is 0. The highest BCUT2D eigenvalue weighted by atomic mass is 19.4. The molecule has 2 unspecified atom stereocenters. The summed E-state index contributed by atoms with van der Waals surface area (Å²) in [6.45, 7) is 6.34. The highest BCUT2D eigenvalue weighted by molar-refractivity contribution is 5.94. The molecule has 2 N–H and O–H groups in total. The van der Waals surface area contributed by atoms with Crippen molar-refractivity contribution in [1.29, 1.82) is 0 Å². The molecular formula is C20H27F3N4O3. The molecule has 0 bridgehead atoms. The van der Waals surface area contributed by atoms with Gasteiger partial charge in [-0.2, -0.15) is 0 Å². The summed E-state index contributed by atoms with van der Waals surface area (Å²) in [4.78, 5) is 28.9. The first-order chi connectivity index (χ1) is 14.1. The first-order valence-corrected chi connectivity index (χ1v) is 10.1. The maximum absolute atomic E-state index is 12.5. The van der Waals surface area contributed by atoms with Crippen LogP contribution in [0.25, 0.3) is 0 Å². The summed E-state index contributed by atoms with van der Waals surface area (Å²) in [5, 5.41) is 5.73. The fraction of sp³-hybridized carbons (Fsp3) is 0.600. The highest BCUT2D eigenvalue weighted by Crippen LogP contribution is 2.24. The molecule has 7 nitrogen and oxygen atoms in total. The minimum Gasteiger partial charge on any atom is -0.406 e. The maximum Gasteiger partial charge on any atom is 0.573 e. The van der Waals surface area contributed by atoms with E-state index in [9.17, 15) is 22.8 Å². The average Bonchev–Trinajstić information content (AvgIpc) is 3.51. The van der Waals surface area contributed by atoms with Crippen LogP contribution < -0.4 is 15.4 Å². The van der Waals surface area contributed by atoms with Crippen molar-refractivity contribution in [1.82, 2.24) is 15.1 Å². The number of carbonyl (C=O) groups is 2. The summed E-state index contributed by atoms with van der Waals surface area (Å²) < 4.78 is 40.5. The standard InChI is InChI=1S/C20H27F3N4O3/c1-13(18(28)24-15-3-4-15)26-9-11-27(12-10-26)14(2)19(29)25-16-5-7-17(8-6-16)30-20(21,22)23/h5-8,13-15H,3-4,9-12H2,1-2H3,(H,24,28)(H,25,29). The smallest absolute Gasteiger partial charge is 0.406 e. The predicted molar refractivity (Wildman–Crippen MR) is 105 cm³/mol. The Balaban J connectivity index is 1.45. The molecule has 0 spiro atoms. The van der Waals surface area contributed by atoms with Crippen molar-refractivity contribution in [3.63, 3.8) is 0 Å². The van der Waals surface area contributed by atoms with Crippen LogP contribution in [0.2, 0.25) is 0 Å². The van der Waals surface area contributed by atoms with E-state index in [0.717, 1.165) is 25.0 Å². The molecule has 0 radical (unpaired) electrons. The van der Waals surface area contributed by atoms with Gasteiger partial charge in [-0.3, -0.25) is 19.4 Å². The first kappa shape index (κ1) is 22.4. The van der Waals surface area contributed by atoms with Crippen molar-refractivity contribution in [2.75, 3.05) is 31.5 Å². The fourth-order valence-electron chi connectivity index (χ4n) is 3.38. The van der Waals surface area contributed by atoms with Crippen molar-refractivity contribution < 1.29 is 27.5 Å². The minimum atomic E-state index is -4.75. The number of hydrogen-bond donors (Lipinski definition) is 2. The van der Waals surface area contributed by atoms with Gasteiger partial charge in [0.05, 0.1) is 12.1 Å². The predicted octanol–water partition coefficient (Wildman–Crippen LogP) is 2.20. The second kappa shape index (κ2) is 9.22. The molecule has 30 heavy (non-hydrogen) atoms. The Hall–Kier alpha value is -2.33. The van der Waals surface area contributed by atoms with Gasteiger partial charge in [0.25, 0.3) is 0 Å². The summed E-state index contributed by atoms with van der Waals surface area (Å²) in [6.07, 6.45) is -2.65. The molecule has 1 saturated carbocycles. The lowest BCUT2D eigenvalue weighted by molar-refractivity contribution is -0.274. The van der Waals surface area contributed by atoms with Crippen LogP contribution in [-0.4, -0.2) is 72.3 Å². The second-order valence-electron chi connectivity index (χ2n) is 7.77. The number of nitrogens with one attached hydrogen (secondary N) is 2. The average molecular weight is 428 g/mol. The van der Waals surface area contributed by atoms with Crippen LogP contribution in [0.15, 0.2) is 24.3 Å². The molecule has 2 atom stereocenters. The molecular weight excluding hydrogens is 401 g/mol.